The van der Waals surface area contributed by atoms with Gasteiger partial charge in [-0.3, -0.25) is 0 Å². The summed E-state index contributed by atoms with van der Waals surface area (Å²) in [6, 6.07) is 4.33. The summed E-state index contributed by atoms with van der Waals surface area (Å²) >= 11 is 12.3. The Morgan fingerprint density at radius 2 is 1.79 bits per heavy atom. The molecule has 1 fully saturated rings. The SMILES string of the molecule is C[C@H](Oc1cc(B2OC(C)(C)C(C)(C)O2)cnc1N)c1c(Cl)ccc(F)c1Cl. The van der Waals surface area contributed by atoms with Crippen molar-refractivity contribution in [2.45, 2.75) is 51.9 Å². The van der Waals surface area contributed by atoms with Crippen LogP contribution in [0.2, 0.25) is 10.0 Å². The molecule has 1 aliphatic rings. The predicted octanol–water partition coefficient (Wildman–Crippen LogP) is 4.55. The second-order valence-electron chi connectivity index (χ2n) is 7.76. The third-order valence-electron chi connectivity index (χ3n) is 5.22. The van der Waals surface area contributed by atoms with Crippen LogP contribution in [0.15, 0.2) is 24.4 Å². The summed E-state index contributed by atoms with van der Waals surface area (Å²) in [4.78, 5) is 4.18. The van der Waals surface area contributed by atoms with Crippen LogP contribution in [0.3, 0.4) is 0 Å². The molecule has 1 saturated heterocycles. The Morgan fingerprint density at radius 1 is 1.18 bits per heavy atom. The first-order valence-electron chi connectivity index (χ1n) is 8.84. The summed E-state index contributed by atoms with van der Waals surface area (Å²) in [6.45, 7) is 9.56. The van der Waals surface area contributed by atoms with Gasteiger partial charge in [-0.1, -0.05) is 23.2 Å². The number of rotatable bonds is 4. The number of nitrogen functional groups attached to an aromatic ring is 1. The van der Waals surface area contributed by atoms with E-state index in [1.54, 1.807) is 19.2 Å². The Morgan fingerprint density at radius 3 is 2.39 bits per heavy atom. The number of halogens is 3. The van der Waals surface area contributed by atoms with Crippen molar-refractivity contribution in [3.63, 3.8) is 0 Å². The predicted molar refractivity (Wildman–Crippen MR) is 110 cm³/mol. The van der Waals surface area contributed by atoms with Crippen LogP contribution >= 0.6 is 23.2 Å². The molecule has 0 spiro atoms. The molecule has 2 aromatic rings. The van der Waals surface area contributed by atoms with E-state index >= 15 is 0 Å². The second-order valence-corrected chi connectivity index (χ2v) is 8.54. The molecule has 1 aliphatic heterocycles. The van der Waals surface area contributed by atoms with E-state index in [1.807, 2.05) is 27.7 Å². The third-order valence-corrected chi connectivity index (χ3v) is 5.93. The highest BCUT2D eigenvalue weighted by Crippen LogP contribution is 2.38. The van der Waals surface area contributed by atoms with Crippen molar-refractivity contribution in [2.24, 2.45) is 0 Å². The molecule has 3 rings (SSSR count). The van der Waals surface area contributed by atoms with Crippen LogP contribution in [0.25, 0.3) is 0 Å². The topological polar surface area (TPSA) is 66.6 Å². The van der Waals surface area contributed by atoms with Crippen molar-refractivity contribution in [1.82, 2.24) is 4.98 Å². The van der Waals surface area contributed by atoms with Gasteiger partial charge in [0.2, 0.25) is 0 Å². The highest BCUT2D eigenvalue weighted by Gasteiger charge is 2.52. The average molecular weight is 427 g/mol. The molecule has 1 atom stereocenters. The fourth-order valence-electron chi connectivity index (χ4n) is 2.84. The van der Waals surface area contributed by atoms with Crippen LogP contribution in [-0.2, 0) is 9.31 Å². The molecule has 28 heavy (non-hydrogen) atoms. The molecule has 0 unspecified atom stereocenters. The fraction of sp³-hybridized carbons (Fsp3) is 0.421. The molecule has 2 heterocycles. The quantitative estimate of drug-likeness (QED) is 0.573. The minimum Gasteiger partial charge on any atom is -0.482 e. The fourth-order valence-corrected chi connectivity index (χ4v) is 3.52. The second kappa shape index (κ2) is 7.37. The summed E-state index contributed by atoms with van der Waals surface area (Å²) in [7, 11) is -0.614. The molecule has 0 bridgehead atoms. The molecule has 0 radical (unpaired) electrons. The van der Waals surface area contributed by atoms with Crippen LogP contribution < -0.4 is 15.9 Å². The summed E-state index contributed by atoms with van der Waals surface area (Å²) in [5, 5.41) is 0.209. The standard InChI is InChI=1S/C19H22BCl2FN2O3/c1-10(15-12(21)6-7-13(23)16(15)22)26-14-8-11(9-25-17(14)24)20-27-18(2,3)19(4,5)28-20/h6-10H,1-5H3,(H2,24,25)/t10-/m0/s1. The Bertz CT molecular complexity index is 895. The molecule has 1 aromatic carbocycles. The number of ether oxygens (including phenoxy) is 1. The first-order valence-corrected chi connectivity index (χ1v) is 9.59. The molecular formula is C19H22BCl2FN2O3. The van der Waals surface area contributed by atoms with Gasteiger partial charge in [0, 0.05) is 22.2 Å². The van der Waals surface area contributed by atoms with Crippen LogP contribution in [0, 0.1) is 5.82 Å². The van der Waals surface area contributed by atoms with Crippen LogP contribution in [-0.4, -0.2) is 23.3 Å². The van der Waals surface area contributed by atoms with E-state index < -0.39 is 30.2 Å². The number of aromatic nitrogens is 1. The Kier molecular flexibility index (Phi) is 5.58. The number of anilines is 1. The number of hydrogen-bond donors (Lipinski definition) is 1. The highest BCUT2D eigenvalue weighted by molar-refractivity contribution is 6.62. The molecule has 1 aromatic heterocycles. The highest BCUT2D eigenvalue weighted by atomic mass is 35.5. The number of nitrogens with two attached hydrogens (primary N) is 1. The smallest absolute Gasteiger partial charge is 0.482 e. The molecule has 0 amide bonds. The van der Waals surface area contributed by atoms with Gasteiger partial charge in [-0.2, -0.15) is 0 Å². The van der Waals surface area contributed by atoms with Gasteiger partial charge in [-0.15, -0.1) is 0 Å². The lowest BCUT2D eigenvalue weighted by atomic mass is 9.80. The van der Waals surface area contributed by atoms with Crippen molar-refractivity contribution in [2.75, 3.05) is 5.73 Å². The van der Waals surface area contributed by atoms with Crippen molar-refractivity contribution in [1.29, 1.82) is 0 Å². The van der Waals surface area contributed by atoms with Gasteiger partial charge < -0.3 is 19.8 Å². The maximum absolute atomic E-state index is 13.8. The molecule has 2 N–H and O–H groups in total. The lowest BCUT2D eigenvalue weighted by Gasteiger charge is -2.32. The first-order chi connectivity index (χ1) is 12.9. The third kappa shape index (κ3) is 3.81. The average Bonchev–Trinajstić information content (AvgIpc) is 2.81. The summed E-state index contributed by atoms with van der Waals surface area (Å²) < 4.78 is 31.8. The van der Waals surface area contributed by atoms with E-state index in [2.05, 4.69) is 4.98 Å². The number of pyridine rings is 1. The van der Waals surface area contributed by atoms with Crippen molar-refractivity contribution in [3.05, 3.63) is 45.8 Å². The Hall–Kier alpha value is -1.54. The van der Waals surface area contributed by atoms with Gasteiger partial charge >= 0.3 is 7.12 Å². The monoisotopic (exact) mass is 426 g/mol. The van der Waals surface area contributed by atoms with E-state index in [-0.39, 0.29) is 10.8 Å². The van der Waals surface area contributed by atoms with E-state index in [9.17, 15) is 4.39 Å². The van der Waals surface area contributed by atoms with Gasteiger partial charge in [-0.25, -0.2) is 9.37 Å². The molecular weight excluding hydrogens is 405 g/mol. The Balaban J connectivity index is 1.89. The molecule has 5 nitrogen and oxygen atoms in total. The van der Waals surface area contributed by atoms with Gasteiger partial charge in [0.25, 0.3) is 0 Å². The van der Waals surface area contributed by atoms with Gasteiger partial charge in [0.05, 0.1) is 16.2 Å². The van der Waals surface area contributed by atoms with E-state index in [0.717, 1.165) is 0 Å². The molecule has 9 heteroatoms. The lowest BCUT2D eigenvalue weighted by molar-refractivity contribution is 0.00578. The van der Waals surface area contributed by atoms with Gasteiger partial charge in [-0.05, 0) is 52.8 Å². The summed E-state index contributed by atoms with van der Waals surface area (Å²) in [5.74, 6) is -0.0968. The molecule has 0 saturated carbocycles. The van der Waals surface area contributed by atoms with Crippen LogP contribution in [0.4, 0.5) is 10.2 Å². The lowest BCUT2D eigenvalue weighted by Crippen LogP contribution is -2.41. The number of benzene rings is 1. The molecule has 0 aliphatic carbocycles. The maximum Gasteiger partial charge on any atom is 0.496 e. The minimum atomic E-state index is -0.659. The zero-order chi connectivity index (χ0) is 20.9. The zero-order valence-corrected chi connectivity index (χ0v) is 17.9. The maximum atomic E-state index is 13.8. The Labute approximate surface area is 174 Å². The van der Waals surface area contributed by atoms with Crippen molar-refractivity contribution < 1.29 is 18.4 Å². The van der Waals surface area contributed by atoms with E-state index in [1.165, 1.54) is 12.1 Å². The first kappa shape index (κ1) is 21.2. The van der Waals surface area contributed by atoms with Crippen LogP contribution in [0.5, 0.6) is 5.75 Å². The number of hydrogen-bond acceptors (Lipinski definition) is 5. The van der Waals surface area contributed by atoms with E-state index in [4.69, 9.17) is 43.0 Å². The molecule has 150 valence electrons. The van der Waals surface area contributed by atoms with Crippen molar-refractivity contribution >= 4 is 41.6 Å². The van der Waals surface area contributed by atoms with Gasteiger partial charge in [0.15, 0.2) is 11.6 Å². The summed E-state index contributed by atoms with van der Waals surface area (Å²) in [5.41, 5.74) is 5.98. The van der Waals surface area contributed by atoms with Crippen LogP contribution in [0.1, 0.15) is 46.3 Å². The normalized spacial score (nSPS) is 18.9. The van der Waals surface area contributed by atoms with Gasteiger partial charge in [0.1, 0.15) is 11.9 Å². The van der Waals surface area contributed by atoms with E-state index in [0.29, 0.717) is 21.8 Å². The number of nitrogens with zero attached hydrogens (tertiary/aromatic N) is 1. The zero-order valence-electron chi connectivity index (χ0n) is 16.3. The minimum absolute atomic E-state index is 0.0892. The summed E-state index contributed by atoms with van der Waals surface area (Å²) in [6.07, 6.45) is 0.922. The largest absolute Gasteiger partial charge is 0.496 e. The van der Waals surface area contributed by atoms with Crippen molar-refractivity contribution in [3.8, 4) is 5.75 Å².